The van der Waals surface area contributed by atoms with E-state index in [1.807, 2.05) is 0 Å². The first-order valence-corrected chi connectivity index (χ1v) is 9.20. The summed E-state index contributed by atoms with van der Waals surface area (Å²) in [7, 11) is 2.08. The normalized spacial score (nSPS) is 25.4. The molecular formula is C16H28N4S. The maximum absolute atomic E-state index is 4.63. The van der Waals surface area contributed by atoms with Gasteiger partial charge in [0, 0.05) is 31.1 Å². The molecule has 5 heteroatoms. The molecule has 21 heavy (non-hydrogen) atoms. The minimum absolute atomic E-state index is 0.793. The monoisotopic (exact) mass is 308 g/mol. The van der Waals surface area contributed by atoms with E-state index in [2.05, 4.69) is 39.5 Å². The molecule has 2 aliphatic rings. The van der Waals surface area contributed by atoms with E-state index in [1.54, 1.807) is 11.3 Å². The summed E-state index contributed by atoms with van der Waals surface area (Å²) in [5.41, 5.74) is 1.16. The van der Waals surface area contributed by atoms with Gasteiger partial charge in [0.25, 0.3) is 0 Å². The highest BCUT2D eigenvalue weighted by Gasteiger charge is 2.29. The number of thiazole rings is 1. The van der Waals surface area contributed by atoms with Crippen LogP contribution in [0, 0.1) is 12.8 Å². The van der Waals surface area contributed by atoms with Crippen molar-refractivity contribution in [3.05, 3.63) is 11.1 Å². The van der Waals surface area contributed by atoms with Crippen molar-refractivity contribution in [2.24, 2.45) is 5.92 Å². The van der Waals surface area contributed by atoms with Crippen molar-refractivity contribution in [3.63, 3.8) is 0 Å². The van der Waals surface area contributed by atoms with Crippen molar-refractivity contribution in [2.45, 2.75) is 38.6 Å². The van der Waals surface area contributed by atoms with Crippen LogP contribution >= 0.6 is 11.3 Å². The Bertz CT molecular complexity index is 437. The number of hydrogen-bond acceptors (Lipinski definition) is 5. The topological polar surface area (TPSA) is 31.4 Å². The van der Waals surface area contributed by atoms with Gasteiger partial charge in [0.2, 0.25) is 0 Å². The van der Waals surface area contributed by atoms with E-state index in [1.165, 1.54) is 63.5 Å². The van der Waals surface area contributed by atoms with Crippen molar-refractivity contribution >= 4 is 16.5 Å². The van der Waals surface area contributed by atoms with Crippen LogP contribution in [0.4, 0.5) is 5.13 Å². The van der Waals surface area contributed by atoms with E-state index in [0.29, 0.717) is 0 Å². The molecule has 0 radical (unpaired) electrons. The third-order valence-corrected chi connectivity index (χ3v) is 5.92. The number of hydrogen-bond donors (Lipinski definition) is 1. The van der Waals surface area contributed by atoms with E-state index < -0.39 is 0 Å². The molecule has 1 N–H and O–H groups in total. The van der Waals surface area contributed by atoms with Crippen molar-refractivity contribution in [1.82, 2.24) is 15.2 Å². The van der Waals surface area contributed by atoms with Gasteiger partial charge >= 0.3 is 0 Å². The lowest BCUT2D eigenvalue weighted by molar-refractivity contribution is 0.107. The molecule has 1 unspecified atom stereocenters. The third-order valence-electron chi connectivity index (χ3n) is 4.90. The molecule has 0 saturated carbocycles. The molecule has 3 rings (SSSR count). The summed E-state index contributed by atoms with van der Waals surface area (Å²) in [6.07, 6.45) is 5.36. The Balaban J connectivity index is 1.51. The first-order valence-electron chi connectivity index (χ1n) is 8.32. The van der Waals surface area contributed by atoms with E-state index in [0.717, 1.165) is 17.7 Å². The lowest BCUT2D eigenvalue weighted by Gasteiger charge is -2.42. The maximum atomic E-state index is 4.63. The zero-order valence-corrected chi connectivity index (χ0v) is 14.2. The molecule has 1 aromatic rings. The van der Waals surface area contributed by atoms with Gasteiger partial charge in [0.1, 0.15) is 0 Å². The fourth-order valence-electron chi connectivity index (χ4n) is 3.79. The molecule has 4 nitrogen and oxygen atoms in total. The first-order chi connectivity index (χ1) is 10.3. The van der Waals surface area contributed by atoms with Gasteiger partial charge in [-0.2, -0.15) is 0 Å². The highest BCUT2D eigenvalue weighted by atomic mass is 32.1. The van der Waals surface area contributed by atoms with Gasteiger partial charge in [0.15, 0.2) is 5.13 Å². The van der Waals surface area contributed by atoms with Gasteiger partial charge < -0.3 is 10.2 Å². The molecule has 0 amide bonds. The van der Waals surface area contributed by atoms with Crippen LogP contribution in [-0.2, 0) is 0 Å². The van der Waals surface area contributed by atoms with Crippen LogP contribution in [0.3, 0.4) is 0 Å². The Kier molecular flexibility index (Phi) is 5.14. The molecule has 1 atom stereocenters. The minimum Gasteiger partial charge on any atom is -0.348 e. The largest absolute Gasteiger partial charge is 0.348 e. The molecule has 0 bridgehead atoms. The Morgan fingerprint density at radius 1 is 1.29 bits per heavy atom. The number of piperidine rings is 2. The summed E-state index contributed by atoms with van der Waals surface area (Å²) in [6, 6.07) is 0.793. The Labute approximate surface area is 132 Å². The van der Waals surface area contributed by atoms with Crippen molar-refractivity contribution in [2.75, 3.05) is 44.7 Å². The zero-order chi connectivity index (χ0) is 14.7. The van der Waals surface area contributed by atoms with Gasteiger partial charge in [-0.1, -0.05) is 0 Å². The second-order valence-corrected chi connectivity index (χ2v) is 7.39. The summed E-state index contributed by atoms with van der Waals surface area (Å²) in [5.74, 6) is 0.850. The predicted octanol–water partition coefficient (Wildman–Crippen LogP) is 2.35. The van der Waals surface area contributed by atoms with Crippen molar-refractivity contribution in [3.8, 4) is 0 Å². The number of likely N-dealkylation sites (tertiary alicyclic amines) is 1. The van der Waals surface area contributed by atoms with Crippen LogP contribution in [0.1, 0.15) is 31.4 Å². The number of anilines is 1. The summed E-state index contributed by atoms with van der Waals surface area (Å²) in [5, 5.41) is 6.73. The summed E-state index contributed by atoms with van der Waals surface area (Å²) >= 11 is 1.79. The average Bonchev–Trinajstić information content (AvgIpc) is 2.95. The zero-order valence-electron chi connectivity index (χ0n) is 13.3. The smallest absolute Gasteiger partial charge is 0.185 e. The Morgan fingerprint density at radius 2 is 2.10 bits per heavy atom. The second kappa shape index (κ2) is 7.07. The summed E-state index contributed by atoms with van der Waals surface area (Å²) < 4.78 is 0. The molecule has 3 heterocycles. The highest BCUT2D eigenvalue weighted by Crippen LogP contribution is 2.27. The van der Waals surface area contributed by atoms with Crippen LogP contribution in [0.25, 0.3) is 0 Å². The quantitative estimate of drug-likeness (QED) is 0.925. The average molecular weight is 308 g/mol. The van der Waals surface area contributed by atoms with E-state index in [4.69, 9.17) is 0 Å². The molecule has 2 fully saturated rings. The van der Waals surface area contributed by atoms with Gasteiger partial charge in [0.05, 0.1) is 5.69 Å². The summed E-state index contributed by atoms with van der Waals surface area (Å²) in [6.45, 7) is 8.20. The van der Waals surface area contributed by atoms with Gasteiger partial charge in [-0.3, -0.25) is 4.90 Å². The van der Waals surface area contributed by atoms with Crippen LogP contribution in [0.2, 0.25) is 0 Å². The second-order valence-electron chi connectivity index (χ2n) is 6.55. The van der Waals surface area contributed by atoms with Crippen LogP contribution in [-0.4, -0.2) is 55.7 Å². The third kappa shape index (κ3) is 3.76. The van der Waals surface area contributed by atoms with Crippen LogP contribution < -0.4 is 10.2 Å². The molecule has 0 aliphatic carbocycles. The molecule has 0 aromatic carbocycles. The molecular weight excluding hydrogens is 280 g/mol. The predicted molar refractivity (Wildman–Crippen MR) is 90.3 cm³/mol. The fraction of sp³-hybridized carbons (Fsp3) is 0.812. The van der Waals surface area contributed by atoms with Crippen molar-refractivity contribution < 1.29 is 0 Å². The van der Waals surface area contributed by atoms with E-state index in [9.17, 15) is 0 Å². The van der Waals surface area contributed by atoms with Gasteiger partial charge in [-0.15, -0.1) is 11.3 Å². The number of aromatic nitrogens is 1. The first kappa shape index (κ1) is 15.3. The fourth-order valence-corrected chi connectivity index (χ4v) is 4.65. The number of nitrogens with one attached hydrogen (secondary N) is 1. The Morgan fingerprint density at radius 3 is 2.76 bits per heavy atom. The standard InChI is InChI=1S/C16H28N4S/c1-13-12-21-16(18-13)19-8-5-15(6-9-19)20-7-3-4-14(11-20)10-17-2/h12,14-15,17H,3-11H2,1-2H3. The molecule has 1 aromatic heterocycles. The van der Waals surface area contributed by atoms with Crippen LogP contribution in [0.5, 0.6) is 0 Å². The number of rotatable bonds is 4. The van der Waals surface area contributed by atoms with Gasteiger partial charge in [-0.05, 0) is 58.7 Å². The lowest BCUT2D eigenvalue weighted by atomic mass is 9.94. The molecule has 0 spiro atoms. The Hall–Kier alpha value is -0.650. The van der Waals surface area contributed by atoms with E-state index >= 15 is 0 Å². The van der Waals surface area contributed by atoms with Crippen LogP contribution in [0.15, 0.2) is 5.38 Å². The maximum Gasteiger partial charge on any atom is 0.185 e. The minimum atomic E-state index is 0.793. The number of aryl methyl sites for hydroxylation is 1. The molecule has 2 aliphatic heterocycles. The molecule has 2 saturated heterocycles. The SMILES string of the molecule is CNCC1CCCN(C2CCN(c3nc(C)cs3)CC2)C1. The van der Waals surface area contributed by atoms with E-state index in [-0.39, 0.29) is 0 Å². The van der Waals surface area contributed by atoms with Crippen molar-refractivity contribution in [1.29, 1.82) is 0 Å². The lowest BCUT2D eigenvalue weighted by Crippen LogP contribution is -2.49. The molecule has 118 valence electrons. The highest BCUT2D eigenvalue weighted by molar-refractivity contribution is 7.13. The summed E-state index contributed by atoms with van der Waals surface area (Å²) in [4.78, 5) is 9.87. The van der Waals surface area contributed by atoms with Gasteiger partial charge in [-0.25, -0.2) is 4.98 Å². The number of nitrogens with zero attached hydrogens (tertiary/aromatic N) is 3.